The molecule has 1 heterocycles. The lowest BCUT2D eigenvalue weighted by atomic mass is 9.94. The molecular formula is C27H24Cl2F3N3O3. The van der Waals surface area contributed by atoms with Gasteiger partial charge in [-0.05, 0) is 60.5 Å². The van der Waals surface area contributed by atoms with E-state index in [0.717, 1.165) is 17.7 Å². The largest absolute Gasteiger partial charge is 0.493 e. The molecule has 2 unspecified atom stereocenters. The first-order valence-corrected chi connectivity index (χ1v) is 12.5. The Balaban J connectivity index is 1.93. The number of rotatable bonds is 7. The topological polar surface area (TPSA) is 74.2 Å². The molecule has 0 saturated carbocycles. The third-order valence-electron chi connectivity index (χ3n) is 5.95. The summed E-state index contributed by atoms with van der Waals surface area (Å²) in [6.45, 7) is 1.41. The number of nitrogens with one attached hydrogen (secondary N) is 1. The lowest BCUT2D eigenvalue weighted by Crippen LogP contribution is -2.45. The second-order valence-electron chi connectivity index (χ2n) is 8.41. The van der Waals surface area contributed by atoms with E-state index in [0.29, 0.717) is 15.6 Å². The van der Waals surface area contributed by atoms with Gasteiger partial charge in [-0.25, -0.2) is 4.79 Å². The summed E-state index contributed by atoms with van der Waals surface area (Å²) in [6, 6.07) is 15.0. The number of ether oxygens (including phenoxy) is 1. The van der Waals surface area contributed by atoms with Crippen molar-refractivity contribution >= 4 is 35.1 Å². The van der Waals surface area contributed by atoms with E-state index in [1.165, 1.54) is 11.0 Å². The van der Waals surface area contributed by atoms with Gasteiger partial charge >= 0.3 is 12.2 Å². The number of benzene rings is 3. The quantitative estimate of drug-likeness (QED) is 0.336. The highest BCUT2D eigenvalue weighted by Crippen LogP contribution is 2.45. The Morgan fingerprint density at radius 1 is 1.03 bits per heavy atom. The molecule has 0 radical (unpaired) electrons. The first-order chi connectivity index (χ1) is 18.1. The van der Waals surface area contributed by atoms with Crippen molar-refractivity contribution in [1.82, 2.24) is 10.2 Å². The molecule has 3 aromatic carbocycles. The number of aliphatic hydroxyl groups is 1. The van der Waals surface area contributed by atoms with E-state index in [2.05, 4.69) is 5.32 Å². The summed E-state index contributed by atoms with van der Waals surface area (Å²) in [5.41, 5.74) is 0.754. The molecule has 2 amide bonds. The molecule has 6 nitrogen and oxygen atoms in total. The average Bonchev–Trinajstić information content (AvgIpc) is 3.28. The summed E-state index contributed by atoms with van der Waals surface area (Å²) in [7, 11) is 0. The second kappa shape index (κ2) is 11.6. The van der Waals surface area contributed by atoms with Crippen molar-refractivity contribution in [3.8, 4) is 5.75 Å². The van der Waals surface area contributed by atoms with Crippen molar-refractivity contribution < 1.29 is 27.8 Å². The number of carbonyl (C=O) groups excluding carboxylic acids is 1. The van der Waals surface area contributed by atoms with Crippen molar-refractivity contribution in [2.45, 2.75) is 25.2 Å². The predicted molar refractivity (Wildman–Crippen MR) is 140 cm³/mol. The fourth-order valence-corrected chi connectivity index (χ4v) is 4.53. The lowest BCUT2D eigenvalue weighted by Gasteiger charge is -2.30. The van der Waals surface area contributed by atoms with Crippen LogP contribution in [0.5, 0.6) is 5.75 Å². The van der Waals surface area contributed by atoms with Gasteiger partial charge in [-0.1, -0.05) is 47.5 Å². The Morgan fingerprint density at radius 2 is 1.63 bits per heavy atom. The number of aliphatic imine (C=N–C) groups is 1. The summed E-state index contributed by atoms with van der Waals surface area (Å²) in [5.74, 6) is 0.0603. The smallest absolute Gasteiger partial charge is 0.416 e. The molecule has 0 spiro atoms. The predicted octanol–water partition coefficient (Wildman–Crippen LogP) is 6.66. The molecule has 3 aromatic rings. The van der Waals surface area contributed by atoms with Gasteiger partial charge in [-0.2, -0.15) is 13.2 Å². The van der Waals surface area contributed by atoms with Crippen LogP contribution in [0.15, 0.2) is 71.7 Å². The Bertz CT molecular complexity index is 1320. The normalized spacial score (nSPS) is 17.3. The number of nitrogens with zero attached hydrogens (tertiary/aromatic N) is 2. The van der Waals surface area contributed by atoms with Gasteiger partial charge in [0, 0.05) is 16.6 Å². The van der Waals surface area contributed by atoms with Crippen LogP contribution in [0, 0.1) is 0 Å². The minimum Gasteiger partial charge on any atom is -0.493 e. The Kier molecular flexibility index (Phi) is 8.50. The standard InChI is InChI=1S/C27H24Cl2F3N3O3/c1-2-38-22-15-18(27(30,31)32)7-12-21(22)25-34-23(16-3-8-19(28)9-4-16)24(17-5-10-20(29)11-6-17)35(25)26(37)33-13-14-36/h3-12,15,23-24,36H,2,13-14H2,1H3,(H,33,37). The molecule has 0 fully saturated rings. The summed E-state index contributed by atoms with van der Waals surface area (Å²) in [4.78, 5) is 19.8. The minimum absolute atomic E-state index is 0.0348. The molecule has 0 aromatic heterocycles. The van der Waals surface area contributed by atoms with Gasteiger partial charge in [0.2, 0.25) is 0 Å². The molecule has 200 valence electrons. The third kappa shape index (κ3) is 5.90. The maximum absolute atomic E-state index is 13.5. The van der Waals surface area contributed by atoms with Crippen molar-refractivity contribution in [3.63, 3.8) is 0 Å². The number of aliphatic hydroxyl groups excluding tert-OH is 1. The minimum atomic E-state index is -4.59. The molecule has 4 rings (SSSR count). The molecular weight excluding hydrogens is 542 g/mol. The maximum atomic E-state index is 13.5. The number of alkyl halides is 3. The van der Waals surface area contributed by atoms with Crippen LogP contribution in [0.25, 0.3) is 0 Å². The summed E-state index contributed by atoms with van der Waals surface area (Å²) >= 11 is 12.2. The Labute approximate surface area is 227 Å². The molecule has 0 bridgehead atoms. The van der Waals surface area contributed by atoms with Gasteiger partial charge in [0.1, 0.15) is 17.6 Å². The maximum Gasteiger partial charge on any atom is 0.416 e. The average molecular weight is 566 g/mol. The highest BCUT2D eigenvalue weighted by Gasteiger charge is 2.43. The van der Waals surface area contributed by atoms with Crippen molar-refractivity contribution in [2.75, 3.05) is 19.8 Å². The van der Waals surface area contributed by atoms with Crippen LogP contribution in [0.1, 0.15) is 41.3 Å². The van der Waals surface area contributed by atoms with Crippen molar-refractivity contribution in [3.05, 3.63) is 99.0 Å². The van der Waals surface area contributed by atoms with Crippen LogP contribution in [-0.2, 0) is 6.18 Å². The van der Waals surface area contributed by atoms with E-state index in [-0.39, 0.29) is 36.9 Å². The van der Waals surface area contributed by atoms with Gasteiger partial charge in [0.15, 0.2) is 0 Å². The second-order valence-corrected chi connectivity index (χ2v) is 9.29. The first kappa shape index (κ1) is 27.8. The molecule has 1 aliphatic rings. The highest BCUT2D eigenvalue weighted by molar-refractivity contribution is 6.30. The Morgan fingerprint density at radius 3 is 2.18 bits per heavy atom. The van der Waals surface area contributed by atoms with Gasteiger partial charge in [0.05, 0.1) is 30.4 Å². The Hall–Kier alpha value is -3.27. The van der Waals surface area contributed by atoms with Gasteiger partial charge < -0.3 is 15.2 Å². The zero-order chi connectivity index (χ0) is 27.4. The summed E-state index contributed by atoms with van der Waals surface area (Å²) in [6.07, 6.45) is -4.59. The SMILES string of the molecule is CCOc1cc(C(F)(F)F)ccc1C1=NC(c2ccc(Cl)cc2)C(c2ccc(Cl)cc2)N1C(=O)NCCO. The number of hydrogen-bond donors (Lipinski definition) is 2. The van der Waals surface area contributed by atoms with Crippen molar-refractivity contribution in [1.29, 1.82) is 0 Å². The third-order valence-corrected chi connectivity index (χ3v) is 6.45. The fraction of sp³-hybridized carbons (Fsp3) is 0.259. The number of hydrogen-bond acceptors (Lipinski definition) is 4. The van der Waals surface area contributed by atoms with E-state index in [1.54, 1.807) is 55.5 Å². The van der Waals surface area contributed by atoms with Gasteiger partial charge in [-0.3, -0.25) is 9.89 Å². The number of amidine groups is 1. The fourth-order valence-electron chi connectivity index (χ4n) is 4.27. The lowest BCUT2D eigenvalue weighted by molar-refractivity contribution is -0.137. The van der Waals surface area contributed by atoms with Crippen LogP contribution in [0.2, 0.25) is 10.0 Å². The molecule has 38 heavy (non-hydrogen) atoms. The van der Waals surface area contributed by atoms with E-state index in [9.17, 15) is 23.1 Å². The van der Waals surface area contributed by atoms with Crippen LogP contribution in [-0.4, -0.2) is 41.6 Å². The van der Waals surface area contributed by atoms with E-state index >= 15 is 0 Å². The van der Waals surface area contributed by atoms with Crippen LogP contribution in [0.4, 0.5) is 18.0 Å². The summed E-state index contributed by atoms with van der Waals surface area (Å²) < 4.78 is 46.1. The van der Waals surface area contributed by atoms with Crippen molar-refractivity contribution in [2.24, 2.45) is 4.99 Å². The van der Waals surface area contributed by atoms with Gasteiger partial charge in [0.25, 0.3) is 0 Å². The molecule has 1 aliphatic heterocycles. The van der Waals surface area contributed by atoms with Gasteiger partial charge in [-0.15, -0.1) is 0 Å². The number of amides is 2. The van der Waals surface area contributed by atoms with E-state index < -0.39 is 29.9 Å². The molecule has 0 aliphatic carbocycles. The first-order valence-electron chi connectivity index (χ1n) is 11.7. The van der Waals surface area contributed by atoms with Crippen LogP contribution >= 0.6 is 23.2 Å². The highest BCUT2D eigenvalue weighted by atomic mass is 35.5. The monoisotopic (exact) mass is 565 g/mol. The van der Waals surface area contributed by atoms with Crippen LogP contribution < -0.4 is 10.1 Å². The zero-order valence-corrected chi connectivity index (χ0v) is 21.7. The molecule has 2 N–H and O–H groups in total. The van der Waals surface area contributed by atoms with Crippen LogP contribution in [0.3, 0.4) is 0 Å². The number of urea groups is 1. The van der Waals surface area contributed by atoms with E-state index in [1.807, 2.05) is 0 Å². The molecule has 0 saturated heterocycles. The number of halogens is 5. The van der Waals surface area contributed by atoms with E-state index in [4.69, 9.17) is 32.9 Å². The summed E-state index contributed by atoms with van der Waals surface area (Å²) in [5, 5.41) is 13.0. The molecule has 2 atom stereocenters. The molecule has 11 heteroatoms. The zero-order valence-electron chi connectivity index (χ0n) is 20.2. The number of carbonyl (C=O) groups is 1.